The predicted octanol–water partition coefficient (Wildman–Crippen LogP) is 2.00. The van der Waals surface area contributed by atoms with Crippen LogP contribution in [0.15, 0.2) is 18.2 Å². The van der Waals surface area contributed by atoms with Gasteiger partial charge in [-0.2, -0.15) is 0 Å². The maximum absolute atomic E-state index is 12.2. The third-order valence-corrected chi connectivity index (χ3v) is 4.14. The molecule has 1 aliphatic rings. The SMILES string of the molecule is Cc1cccc(C)c1OCC(=O)N1CCC(C(=O)O)C1C. The molecule has 1 heterocycles. The van der Waals surface area contributed by atoms with Gasteiger partial charge in [0.25, 0.3) is 5.91 Å². The lowest BCUT2D eigenvalue weighted by atomic mass is 10.0. The summed E-state index contributed by atoms with van der Waals surface area (Å²) in [6.07, 6.45) is 0.506. The number of carboxylic acid groups (broad SMARTS) is 1. The number of rotatable bonds is 4. The number of benzene rings is 1. The van der Waals surface area contributed by atoms with Crippen molar-refractivity contribution in [3.63, 3.8) is 0 Å². The van der Waals surface area contributed by atoms with Crippen LogP contribution in [0.1, 0.15) is 24.5 Å². The second-order valence-electron chi connectivity index (χ2n) is 5.57. The van der Waals surface area contributed by atoms with Crippen molar-refractivity contribution in [3.05, 3.63) is 29.3 Å². The summed E-state index contributed by atoms with van der Waals surface area (Å²) >= 11 is 0. The summed E-state index contributed by atoms with van der Waals surface area (Å²) in [5, 5.41) is 9.09. The molecule has 0 saturated carbocycles. The van der Waals surface area contributed by atoms with Gasteiger partial charge >= 0.3 is 5.97 Å². The molecule has 1 N–H and O–H groups in total. The molecule has 0 bridgehead atoms. The molecule has 1 aromatic rings. The van der Waals surface area contributed by atoms with Gasteiger partial charge in [0.2, 0.25) is 0 Å². The molecule has 1 aromatic carbocycles. The van der Waals surface area contributed by atoms with Crippen molar-refractivity contribution in [2.75, 3.05) is 13.2 Å². The number of hydrogen-bond acceptors (Lipinski definition) is 3. The predicted molar refractivity (Wildman–Crippen MR) is 78.3 cm³/mol. The molecule has 1 amide bonds. The molecule has 5 heteroatoms. The van der Waals surface area contributed by atoms with Crippen LogP contribution in [-0.2, 0) is 9.59 Å². The molecule has 0 aliphatic carbocycles. The van der Waals surface area contributed by atoms with Crippen LogP contribution in [0.3, 0.4) is 0 Å². The van der Waals surface area contributed by atoms with Crippen LogP contribution >= 0.6 is 0 Å². The van der Waals surface area contributed by atoms with Crippen molar-refractivity contribution in [2.45, 2.75) is 33.2 Å². The molecular formula is C16H21NO4. The van der Waals surface area contributed by atoms with Gasteiger partial charge in [-0.25, -0.2) is 0 Å². The Bertz CT molecular complexity index is 535. The Morgan fingerprint density at radius 1 is 1.33 bits per heavy atom. The first-order valence-corrected chi connectivity index (χ1v) is 7.13. The highest BCUT2D eigenvalue weighted by Crippen LogP contribution is 2.26. The Morgan fingerprint density at radius 2 is 1.95 bits per heavy atom. The fourth-order valence-corrected chi connectivity index (χ4v) is 2.87. The second-order valence-corrected chi connectivity index (χ2v) is 5.57. The number of likely N-dealkylation sites (tertiary alicyclic amines) is 1. The Kier molecular flexibility index (Phi) is 4.50. The van der Waals surface area contributed by atoms with Crippen LogP contribution in [0.5, 0.6) is 5.75 Å². The number of aryl methyl sites for hydroxylation is 2. The monoisotopic (exact) mass is 291 g/mol. The molecule has 1 aliphatic heterocycles. The minimum Gasteiger partial charge on any atom is -0.483 e. The fourth-order valence-electron chi connectivity index (χ4n) is 2.87. The number of carboxylic acids is 1. The van der Waals surface area contributed by atoms with E-state index in [0.29, 0.717) is 13.0 Å². The largest absolute Gasteiger partial charge is 0.483 e. The Hall–Kier alpha value is -2.04. The maximum Gasteiger partial charge on any atom is 0.308 e. The van der Waals surface area contributed by atoms with Crippen LogP contribution in [-0.4, -0.2) is 41.1 Å². The van der Waals surface area contributed by atoms with Gasteiger partial charge in [0.05, 0.1) is 5.92 Å². The van der Waals surface area contributed by atoms with Crippen LogP contribution < -0.4 is 4.74 Å². The van der Waals surface area contributed by atoms with Crippen LogP contribution in [0.2, 0.25) is 0 Å². The highest BCUT2D eigenvalue weighted by atomic mass is 16.5. The summed E-state index contributed by atoms with van der Waals surface area (Å²) in [6.45, 7) is 6.08. The minimum absolute atomic E-state index is 0.0532. The molecule has 21 heavy (non-hydrogen) atoms. The number of nitrogens with zero attached hydrogens (tertiary/aromatic N) is 1. The molecule has 2 rings (SSSR count). The van der Waals surface area contributed by atoms with Crippen molar-refractivity contribution in [2.24, 2.45) is 5.92 Å². The second kappa shape index (κ2) is 6.16. The van der Waals surface area contributed by atoms with Crippen molar-refractivity contribution < 1.29 is 19.4 Å². The summed E-state index contributed by atoms with van der Waals surface area (Å²) in [7, 11) is 0. The van der Waals surface area contributed by atoms with Gasteiger partial charge in [-0.15, -0.1) is 0 Å². The number of hydrogen-bond donors (Lipinski definition) is 1. The topological polar surface area (TPSA) is 66.8 Å². The lowest BCUT2D eigenvalue weighted by molar-refractivity contribution is -0.143. The molecule has 0 spiro atoms. The van der Waals surface area contributed by atoms with Crippen molar-refractivity contribution in [3.8, 4) is 5.75 Å². The average Bonchev–Trinajstić information content (AvgIpc) is 2.80. The third-order valence-electron chi connectivity index (χ3n) is 4.14. The summed E-state index contributed by atoms with van der Waals surface area (Å²) in [4.78, 5) is 24.9. The van der Waals surface area contributed by atoms with Gasteiger partial charge in [-0.05, 0) is 38.3 Å². The average molecular weight is 291 g/mol. The van der Waals surface area contributed by atoms with Crippen LogP contribution in [0, 0.1) is 19.8 Å². The van der Waals surface area contributed by atoms with E-state index < -0.39 is 11.9 Å². The highest BCUT2D eigenvalue weighted by molar-refractivity contribution is 5.80. The van der Waals surface area contributed by atoms with E-state index in [4.69, 9.17) is 9.84 Å². The van der Waals surface area contributed by atoms with E-state index in [2.05, 4.69) is 0 Å². The molecule has 0 aromatic heterocycles. The zero-order chi connectivity index (χ0) is 15.6. The molecule has 2 atom stereocenters. The minimum atomic E-state index is -0.839. The van der Waals surface area contributed by atoms with Crippen LogP contribution in [0.25, 0.3) is 0 Å². The fraction of sp³-hybridized carbons (Fsp3) is 0.500. The van der Waals surface area contributed by atoms with Crippen molar-refractivity contribution in [1.82, 2.24) is 4.90 Å². The molecule has 1 saturated heterocycles. The van der Waals surface area contributed by atoms with Gasteiger partial charge in [-0.3, -0.25) is 9.59 Å². The number of carbonyl (C=O) groups is 2. The zero-order valence-electron chi connectivity index (χ0n) is 12.6. The van der Waals surface area contributed by atoms with Crippen LogP contribution in [0.4, 0.5) is 0 Å². The summed E-state index contributed by atoms with van der Waals surface area (Å²) in [5.41, 5.74) is 1.97. The Morgan fingerprint density at radius 3 is 2.48 bits per heavy atom. The van der Waals surface area contributed by atoms with E-state index in [-0.39, 0.29) is 18.6 Å². The van der Waals surface area contributed by atoms with E-state index in [1.807, 2.05) is 32.0 Å². The number of para-hydroxylation sites is 1. The lowest BCUT2D eigenvalue weighted by Gasteiger charge is -2.23. The normalized spacial score (nSPS) is 21.4. The summed E-state index contributed by atoms with van der Waals surface area (Å²) in [5.74, 6) is -0.746. The van der Waals surface area contributed by atoms with Gasteiger partial charge < -0.3 is 14.7 Å². The summed E-state index contributed by atoms with van der Waals surface area (Å²) in [6, 6.07) is 5.54. The first kappa shape index (κ1) is 15.4. The van der Waals surface area contributed by atoms with E-state index in [9.17, 15) is 9.59 Å². The van der Waals surface area contributed by atoms with E-state index in [1.54, 1.807) is 11.8 Å². The zero-order valence-corrected chi connectivity index (χ0v) is 12.6. The highest BCUT2D eigenvalue weighted by Gasteiger charge is 2.38. The number of carbonyl (C=O) groups excluding carboxylic acids is 1. The molecule has 114 valence electrons. The quantitative estimate of drug-likeness (QED) is 0.921. The smallest absolute Gasteiger partial charge is 0.308 e. The Balaban J connectivity index is 1.98. The molecule has 2 unspecified atom stereocenters. The van der Waals surface area contributed by atoms with E-state index in [1.165, 1.54) is 0 Å². The van der Waals surface area contributed by atoms with Gasteiger partial charge in [0, 0.05) is 12.6 Å². The van der Waals surface area contributed by atoms with Gasteiger partial charge in [-0.1, -0.05) is 18.2 Å². The lowest BCUT2D eigenvalue weighted by Crippen LogP contribution is -2.40. The number of amides is 1. The van der Waals surface area contributed by atoms with Crippen molar-refractivity contribution >= 4 is 11.9 Å². The molecule has 5 nitrogen and oxygen atoms in total. The first-order valence-electron chi connectivity index (χ1n) is 7.13. The third kappa shape index (κ3) is 3.17. The summed E-state index contributed by atoms with van der Waals surface area (Å²) < 4.78 is 5.65. The number of aliphatic carboxylic acids is 1. The first-order chi connectivity index (χ1) is 9.91. The maximum atomic E-state index is 12.2. The van der Waals surface area contributed by atoms with Gasteiger partial charge in [0.15, 0.2) is 6.61 Å². The molecule has 1 fully saturated rings. The van der Waals surface area contributed by atoms with Gasteiger partial charge in [0.1, 0.15) is 5.75 Å². The molecule has 0 radical (unpaired) electrons. The Labute approximate surface area is 124 Å². The van der Waals surface area contributed by atoms with E-state index in [0.717, 1.165) is 16.9 Å². The van der Waals surface area contributed by atoms with E-state index >= 15 is 0 Å². The van der Waals surface area contributed by atoms with Crippen molar-refractivity contribution in [1.29, 1.82) is 0 Å². The molecular weight excluding hydrogens is 270 g/mol. The number of ether oxygens (including phenoxy) is 1. The standard InChI is InChI=1S/C16H21NO4/c1-10-5-4-6-11(2)15(10)21-9-14(18)17-8-7-13(12(17)3)16(19)20/h4-6,12-13H,7-9H2,1-3H3,(H,19,20).